The summed E-state index contributed by atoms with van der Waals surface area (Å²) < 4.78 is 11.5. The van der Waals surface area contributed by atoms with E-state index in [1.807, 2.05) is 82.3 Å². The van der Waals surface area contributed by atoms with E-state index in [1.54, 1.807) is 0 Å². The van der Waals surface area contributed by atoms with E-state index in [9.17, 15) is 9.59 Å². The first kappa shape index (κ1) is 22.8. The molecule has 3 aromatic rings. The number of hydrogen-bond donors (Lipinski definition) is 1. The summed E-state index contributed by atoms with van der Waals surface area (Å²) in [5.74, 6) is -0.585. The van der Waals surface area contributed by atoms with Crippen molar-refractivity contribution >= 4 is 22.8 Å². The summed E-state index contributed by atoms with van der Waals surface area (Å²) in [5, 5.41) is 1.07. The summed E-state index contributed by atoms with van der Waals surface area (Å²) in [5.41, 5.74) is 8.13. The molecule has 1 fully saturated rings. The number of esters is 1. The maximum Gasteiger partial charge on any atom is 0.310 e. The zero-order valence-corrected chi connectivity index (χ0v) is 19.6. The first-order valence-corrected chi connectivity index (χ1v) is 11.2. The average Bonchev–Trinajstić information content (AvgIpc) is 3.47. The number of carbonyl (C=O) groups excluding carboxylic acids is 2. The van der Waals surface area contributed by atoms with Gasteiger partial charge in [-0.1, -0.05) is 30.3 Å². The molecule has 33 heavy (non-hydrogen) atoms. The summed E-state index contributed by atoms with van der Waals surface area (Å²) in [4.78, 5) is 29.3. The van der Waals surface area contributed by atoms with Crippen LogP contribution in [0.3, 0.4) is 0 Å². The summed E-state index contributed by atoms with van der Waals surface area (Å²) in [6, 6.07) is 17.6. The Morgan fingerprint density at radius 2 is 1.82 bits per heavy atom. The lowest BCUT2D eigenvalue weighted by Gasteiger charge is -2.21. The van der Waals surface area contributed by atoms with Gasteiger partial charge in [0.05, 0.1) is 16.8 Å². The average molecular weight is 447 g/mol. The SMILES string of the molecule is Cc1cc(COc2ccc(C[C@]3(C(N)=O)C[C@@H]3C(=O)OC(C)(C)C)cc2)c2ccccc2n1. The summed E-state index contributed by atoms with van der Waals surface area (Å²) >= 11 is 0. The maximum atomic E-state index is 12.5. The van der Waals surface area contributed by atoms with E-state index in [4.69, 9.17) is 15.2 Å². The minimum absolute atomic E-state index is 0.360. The van der Waals surface area contributed by atoms with E-state index >= 15 is 0 Å². The highest BCUT2D eigenvalue weighted by molar-refractivity contribution is 5.93. The van der Waals surface area contributed by atoms with Gasteiger partial charge in [-0.3, -0.25) is 14.6 Å². The molecule has 2 N–H and O–H groups in total. The monoisotopic (exact) mass is 446 g/mol. The predicted octanol–water partition coefficient (Wildman–Crippen LogP) is 4.50. The zero-order chi connectivity index (χ0) is 23.8. The Morgan fingerprint density at radius 1 is 1.12 bits per heavy atom. The van der Waals surface area contributed by atoms with Crippen LogP contribution in [0.25, 0.3) is 10.9 Å². The van der Waals surface area contributed by atoms with Crippen molar-refractivity contribution in [2.75, 3.05) is 0 Å². The largest absolute Gasteiger partial charge is 0.489 e. The molecule has 6 nitrogen and oxygen atoms in total. The number of aromatic nitrogens is 1. The number of para-hydroxylation sites is 1. The number of benzene rings is 2. The fourth-order valence-corrected chi connectivity index (χ4v) is 4.29. The second-order valence-corrected chi connectivity index (χ2v) is 9.86. The molecule has 1 saturated carbocycles. The molecule has 4 rings (SSSR count). The number of primary amides is 1. The van der Waals surface area contributed by atoms with Crippen LogP contribution >= 0.6 is 0 Å². The Bertz CT molecular complexity index is 1200. The lowest BCUT2D eigenvalue weighted by atomic mass is 9.93. The van der Waals surface area contributed by atoms with E-state index in [2.05, 4.69) is 4.98 Å². The van der Waals surface area contributed by atoms with Crippen molar-refractivity contribution < 1.29 is 19.1 Å². The molecule has 172 valence electrons. The number of carbonyl (C=O) groups is 2. The first-order valence-electron chi connectivity index (χ1n) is 11.2. The molecule has 1 amide bonds. The summed E-state index contributed by atoms with van der Waals surface area (Å²) in [6.07, 6.45) is 0.824. The number of pyridine rings is 1. The Balaban J connectivity index is 1.43. The second kappa shape index (κ2) is 8.50. The van der Waals surface area contributed by atoms with Crippen molar-refractivity contribution in [1.29, 1.82) is 0 Å². The third-order valence-electron chi connectivity index (χ3n) is 6.02. The maximum absolute atomic E-state index is 12.5. The van der Waals surface area contributed by atoms with Crippen LogP contribution in [0.4, 0.5) is 0 Å². The zero-order valence-electron chi connectivity index (χ0n) is 19.6. The van der Waals surface area contributed by atoms with Crippen LogP contribution in [0.15, 0.2) is 54.6 Å². The normalized spacial score (nSPS) is 19.8. The van der Waals surface area contributed by atoms with Crippen LogP contribution in [0.2, 0.25) is 0 Å². The van der Waals surface area contributed by atoms with Crippen LogP contribution in [0, 0.1) is 18.3 Å². The van der Waals surface area contributed by atoms with Gasteiger partial charge in [0.1, 0.15) is 18.0 Å². The third kappa shape index (κ3) is 5.00. The first-order chi connectivity index (χ1) is 15.6. The Morgan fingerprint density at radius 3 is 2.48 bits per heavy atom. The van der Waals surface area contributed by atoms with Crippen molar-refractivity contribution in [3.8, 4) is 5.75 Å². The molecule has 0 spiro atoms. The van der Waals surface area contributed by atoms with E-state index < -0.39 is 22.8 Å². The fraction of sp³-hybridized carbons (Fsp3) is 0.370. The second-order valence-electron chi connectivity index (χ2n) is 9.86. The van der Waals surface area contributed by atoms with Gasteiger partial charge in [0.25, 0.3) is 0 Å². The number of hydrogen-bond acceptors (Lipinski definition) is 5. The Kier molecular flexibility index (Phi) is 5.87. The lowest BCUT2D eigenvalue weighted by molar-refractivity contribution is -0.158. The molecular formula is C27H30N2O4. The minimum Gasteiger partial charge on any atom is -0.489 e. The Labute approximate surface area is 194 Å². The summed E-state index contributed by atoms with van der Waals surface area (Å²) in [6.45, 7) is 7.84. The van der Waals surface area contributed by atoms with Crippen LogP contribution in [0.5, 0.6) is 5.75 Å². The quantitative estimate of drug-likeness (QED) is 0.540. The van der Waals surface area contributed by atoms with Crippen molar-refractivity contribution in [2.45, 2.75) is 52.7 Å². The molecule has 0 radical (unpaired) electrons. The standard InChI is InChI=1S/C27H30N2O4/c1-17-13-19(21-7-5-6-8-23(21)29-17)16-32-20-11-9-18(10-12-20)14-27(25(28)31)15-22(27)24(30)33-26(2,3)4/h5-13,22H,14-16H2,1-4H3,(H2,28,31)/t22-,27+/m1/s1. The highest BCUT2D eigenvalue weighted by Crippen LogP contribution is 2.55. The van der Waals surface area contributed by atoms with Gasteiger partial charge in [0.2, 0.25) is 5.91 Å². The fourth-order valence-electron chi connectivity index (χ4n) is 4.29. The van der Waals surface area contributed by atoms with Crippen LogP contribution in [0.1, 0.15) is 44.0 Å². The highest BCUT2D eigenvalue weighted by Gasteiger charge is 2.63. The molecule has 0 unspecified atom stereocenters. The number of amides is 1. The van der Waals surface area contributed by atoms with Gasteiger partial charge < -0.3 is 15.2 Å². The van der Waals surface area contributed by atoms with Crippen molar-refractivity contribution in [3.05, 3.63) is 71.4 Å². The molecule has 6 heteroatoms. The van der Waals surface area contributed by atoms with Crippen LogP contribution in [-0.4, -0.2) is 22.5 Å². The molecule has 1 aliphatic carbocycles. The van der Waals surface area contributed by atoms with Crippen LogP contribution in [-0.2, 0) is 27.4 Å². The van der Waals surface area contributed by atoms with E-state index in [1.165, 1.54) is 0 Å². The number of nitrogens with two attached hydrogens (primary N) is 1. The molecule has 0 aliphatic heterocycles. The van der Waals surface area contributed by atoms with Gasteiger partial charge in [-0.2, -0.15) is 0 Å². The molecular weight excluding hydrogens is 416 g/mol. The highest BCUT2D eigenvalue weighted by atomic mass is 16.6. The van der Waals surface area contributed by atoms with Crippen molar-refractivity contribution in [1.82, 2.24) is 4.98 Å². The molecule has 2 aromatic carbocycles. The smallest absolute Gasteiger partial charge is 0.310 e. The van der Waals surface area contributed by atoms with Gasteiger partial charge in [0, 0.05) is 16.6 Å². The molecule has 1 aromatic heterocycles. The van der Waals surface area contributed by atoms with Gasteiger partial charge in [0.15, 0.2) is 0 Å². The number of ether oxygens (including phenoxy) is 2. The molecule has 1 aliphatic rings. The molecule has 1 heterocycles. The van der Waals surface area contributed by atoms with E-state index in [-0.39, 0.29) is 5.97 Å². The van der Waals surface area contributed by atoms with Crippen molar-refractivity contribution in [3.63, 3.8) is 0 Å². The third-order valence-corrected chi connectivity index (χ3v) is 6.02. The van der Waals surface area contributed by atoms with Crippen LogP contribution < -0.4 is 10.5 Å². The van der Waals surface area contributed by atoms with Gasteiger partial charge in [-0.25, -0.2) is 0 Å². The number of rotatable bonds is 7. The summed E-state index contributed by atoms with van der Waals surface area (Å²) in [7, 11) is 0. The number of fused-ring (bicyclic) bond motifs is 1. The lowest BCUT2D eigenvalue weighted by Crippen LogP contribution is -2.33. The Hall–Kier alpha value is -3.41. The minimum atomic E-state index is -0.877. The number of aryl methyl sites for hydroxylation is 1. The predicted molar refractivity (Wildman–Crippen MR) is 127 cm³/mol. The van der Waals surface area contributed by atoms with Gasteiger partial charge in [-0.15, -0.1) is 0 Å². The van der Waals surface area contributed by atoms with Gasteiger partial charge in [-0.05, 0) is 70.4 Å². The molecule has 0 saturated heterocycles. The topological polar surface area (TPSA) is 91.5 Å². The van der Waals surface area contributed by atoms with Crippen molar-refractivity contribution in [2.24, 2.45) is 17.1 Å². The van der Waals surface area contributed by atoms with Gasteiger partial charge >= 0.3 is 5.97 Å². The molecule has 0 bridgehead atoms. The molecule has 2 atom stereocenters. The number of nitrogens with zero attached hydrogens (tertiary/aromatic N) is 1. The van der Waals surface area contributed by atoms with E-state index in [0.29, 0.717) is 19.4 Å². The van der Waals surface area contributed by atoms with E-state index in [0.717, 1.165) is 33.5 Å².